The van der Waals surface area contributed by atoms with Crippen LogP contribution in [0.5, 0.6) is 17.2 Å². The van der Waals surface area contributed by atoms with E-state index in [1.54, 1.807) is 56.3 Å². The third kappa shape index (κ3) is 4.14. The van der Waals surface area contributed by atoms with Gasteiger partial charge in [0.2, 0.25) is 0 Å². The van der Waals surface area contributed by atoms with E-state index in [-0.39, 0.29) is 35.0 Å². The summed E-state index contributed by atoms with van der Waals surface area (Å²) in [6, 6.07) is 10.6. The maximum atomic E-state index is 13.2. The molecule has 2 N–H and O–H groups in total. The topological polar surface area (TPSA) is 110 Å². The second-order valence-corrected chi connectivity index (χ2v) is 8.32. The first-order valence-electron chi connectivity index (χ1n) is 10.2. The molecule has 0 amide bonds. The van der Waals surface area contributed by atoms with Crippen molar-refractivity contribution < 1.29 is 24.5 Å². The minimum atomic E-state index is -0.745. The van der Waals surface area contributed by atoms with Gasteiger partial charge in [0.15, 0.2) is 16.3 Å². The number of allylic oxidation sites excluding steroid dienone is 1. The highest BCUT2D eigenvalue weighted by molar-refractivity contribution is 7.07. The molecule has 0 fully saturated rings. The zero-order chi connectivity index (χ0) is 23.7. The molecule has 0 aliphatic carbocycles. The van der Waals surface area contributed by atoms with Crippen molar-refractivity contribution in [3.05, 3.63) is 78.9 Å². The van der Waals surface area contributed by atoms with Crippen molar-refractivity contribution in [1.82, 2.24) is 4.57 Å². The van der Waals surface area contributed by atoms with Gasteiger partial charge in [-0.05, 0) is 55.3 Å². The van der Waals surface area contributed by atoms with Crippen molar-refractivity contribution in [3.8, 4) is 17.2 Å². The van der Waals surface area contributed by atoms with Gasteiger partial charge >= 0.3 is 5.97 Å². The lowest BCUT2D eigenvalue weighted by Gasteiger charge is -2.22. The van der Waals surface area contributed by atoms with Crippen LogP contribution in [-0.2, 0) is 9.53 Å². The van der Waals surface area contributed by atoms with Gasteiger partial charge in [0.1, 0.15) is 11.8 Å². The molecule has 0 saturated carbocycles. The summed E-state index contributed by atoms with van der Waals surface area (Å²) in [5.41, 5.74) is 1.62. The highest BCUT2D eigenvalue weighted by Gasteiger charge is 2.31. The molecule has 3 aromatic rings. The van der Waals surface area contributed by atoms with Gasteiger partial charge in [-0.3, -0.25) is 9.36 Å². The molecule has 1 aliphatic heterocycles. The molecule has 0 bridgehead atoms. The van der Waals surface area contributed by atoms with Crippen molar-refractivity contribution >= 4 is 29.1 Å². The number of benzene rings is 2. The minimum absolute atomic E-state index is 0.0357. The van der Waals surface area contributed by atoms with E-state index in [4.69, 9.17) is 14.5 Å². The Morgan fingerprint density at radius 2 is 2.03 bits per heavy atom. The molecule has 2 heterocycles. The van der Waals surface area contributed by atoms with Crippen LogP contribution in [0.2, 0.25) is 0 Å². The number of thiazole rings is 1. The number of rotatable bonds is 5. The van der Waals surface area contributed by atoms with Crippen LogP contribution in [0, 0.1) is 0 Å². The number of methoxy groups -OCH3 is 1. The first kappa shape index (κ1) is 22.3. The standard InChI is InChI=1S/C24H22N2O6S/c1-4-32-23(30)20-13(2)26-22(29)19(11-14-6-5-7-16(27)10-14)33-24(26)25-21(20)15-8-9-17(28)18(12-15)31-3/h5-12,21,27-28H,4H2,1-3H3/b19-11-/t21-/m0/s1. The van der Waals surface area contributed by atoms with Gasteiger partial charge in [-0.2, -0.15) is 0 Å². The Bertz CT molecular complexity index is 1450. The normalized spacial score (nSPS) is 15.7. The quantitative estimate of drug-likeness (QED) is 0.559. The fraction of sp³-hybridized carbons (Fsp3) is 0.208. The lowest BCUT2D eigenvalue weighted by molar-refractivity contribution is -0.138. The Hall–Kier alpha value is -3.85. The Morgan fingerprint density at radius 1 is 1.24 bits per heavy atom. The van der Waals surface area contributed by atoms with Gasteiger partial charge in [0.05, 0.1) is 23.8 Å². The van der Waals surface area contributed by atoms with Crippen LogP contribution in [0.1, 0.15) is 31.0 Å². The second kappa shape index (κ2) is 8.95. The molecule has 8 nitrogen and oxygen atoms in total. The fourth-order valence-corrected chi connectivity index (χ4v) is 4.73. The number of ether oxygens (including phenoxy) is 2. The van der Waals surface area contributed by atoms with Crippen molar-refractivity contribution in [2.75, 3.05) is 13.7 Å². The number of hydrogen-bond donors (Lipinski definition) is 2. The number of nitrogens with zero attached hydrogens (tertiary/aromatic N) is 2. The number of hydrogen-bond acceptors (Lipinski definition) is 8. The first-order valence-corrected chi connectivity index (χ1v) is 11.0. The largest absolute Gasteiger partial charge is 0.508 e. The Morgan fingerprint density at radius 3 is 2.73 bits per heavy atom. The van der Waals surface area contributed by atoms with Crippen molar-refractivity contribution in [2.45, 2.75) is 19.9 Å². The van der Waals surface area contributed by atoms with E-state index in [9.17, 15) is 19.8 Å². The van der Waals surface area contributed by atoms with Gasteiger partial charge in [-0.1, -0.05) is 29.5 Å². The third-order valence-corrected chi connectivity index (χ3v) is 6.21. The van der Waals surface area contributed by atoms with E-state index in [2.05, 4.69) is 0 Å². The molecule has 1 atom stereocenters. The first-order chi connectivity index (χ1) is 15.8. The molecule has 9 heteroatoms. The third-order valence-electron chi connectivity index (χ3n) is 5.23. The fourth-order valence-electron chi connectivity index (χ4n) is 3.69. The highest BCUT2D eigenvalue weighted by Crippen LogP contribution is 2.36. The maximum Gasteiger partial charge on any atom is 0.338 e. The van der Waals surface area contributed by atoms with Crippen LogP contribution < -0.4 is 19.6 Å². The molecule has 4 rings (SSSR count). The number of carbonyl (C=O) groups excluding carboxylic acids is 1. The van der Waals surface area contributed by atoms with Crippen LogP contribution in [0.15, 0.2) is 57.8 Å². The molecule has 170 valence electrons. The van der Waals surface area contributed by atoms with Gasteiger partial charge in [-0.25, -0.2) is 9.79 Å². The van der Waals surface area contributed by atoms with Crippen LogP contribution >= 0.6 is 11.3 Å². The monoisotopic (exact) mass is 466 g/mol. The summed E-state index contributed by atoms with van der Waals surface area (Å²) in [6.45, 7) is 3.56. The van der Waals surface area contributed by atoms with Gasteiger partial charge in [0, 0.05) is 5.70 Å². The number of fused-ring (bicyclic) bond motifs is 1. The molecule has 33 heavy (non-hydrogen) atoms. The Balaban J connectivity index is 1.96. The predicted molar refractivity (Wildman–Crippen MR) is 124 cm³/mol. The van der Waals surface area contributed by atoms with Crippen LogP contribution in [0.25, 0.3) is 11.8 Å². The van der Waals surface area contributed by atoms with Crippen LogP contribution in [0.4, 0.5) is 0 Å². The minimum Gasteiger partial charge on any atom is -0.508 e. The zero-order valence-electron chi connectivity index (χ0n) is 18.2. The summed E-state index contributed by atoms with van der Waals surface area (Å²) >= 11 is 1.18. The maximum absolute atomic E-state index is 13.2. The molecule has 0 radical (unpaired) electrons. The van der Waals surface area contributed by atoms with E-state index in [1.165, 1.54) is 29.1 Å². The number of aromatic nitrogens is 1. The zero-order valence-corrected chi connectivity index (χ0v) is 19.0. The molecule has 0 saturated heterocycles. The van der Waals surface area contributed by atoms with Crippen molar-refractivity contribution in [1.29, 1.82) is 0 Å². The summed E-state index contributed by atoms with van der Waals surface area (Å²) < 4.78 is 12.3. The average Bonchev–Trinajstić information content (AvgIpc) is 3.09. The number of carbonyl (C=O) groups is 1. The molecular formula is C24H22N2O6S. The van der Waals surface area contributed by atoms with E-state index in [0.717, 1.165) is 0 Å². The predicted octanol–water partition coefficient (Wildman–Crippen LogP) is 2.33. The molecule has 1 aliphatic rings. The second-order valence-electron chi connectivity index (χ2n) is 7.31. The van der Waals surface area contributed by atoms with E-state index in [1.807, 2.05) is 0 Å². The lowest BCUT2D eigenvalue weighted by Crippen LogP contribution is -2.35. The van der Waals surface area contributed by atoms with Gasteiger partial charge in [0.25, 0.3) is 5.56 Å². The summed E-state index contributed by atoms with van der Waals surface area (Å²) in [5, 5.41) is 19.7. The number of aromatic hydroxyl groups is 2. The number of phenolic OH excluding ortho intramolecular Hbond substituents is 2. The summed E-state index contributed by atoms with van der Waals surface area (Å²) in [4.78, 5) is 31.2. The van der Waals surface area contributed by atoms with Crippen LogP contribution in [-0.4, -0.2) is 34.5 Å². The van der Waals surface area contributed by atoms with E-state index < -0.39 is 12.0 Å². The SMILES string of the molecule is CCOC(=O)C1=C(C)n2c(s/c(=C\c3cccc(O)c3)c2=O)=N[C@H]1c1ccc(O)c(OC)c1. The highest BCUT2D eigenvalue weighted by atomic mass is 32.1. The summed E-state index contributed by atoms with van der Waals surface area (Å²) in [6.07, 6.45) is 1.67. The molecule has 0 spiro atoms. The van der Waals surface area contributed by atoms with Gasteiger partial charge in [-0.15, -0.1) is 0 Å². The van der Waals surface area contributed by atoms with E-state index >= 15 is 0 Å². The molecular weight excluding hydrogens is 444 g/mol. The summed E-state index contributed by atoms with van der Waals surface area (Å²) in [5.74, 6) is -0.267. The lowest BCUT2D eigenvalue weighted by atomic mass is 9.96. The molecule has 0 unspecified atom stereocenters. The Kier molecular flexibility index (Phi) is 6.06. The smallest absolute Gasteiger partial charge is 0.338 e. The van der Waals surface area contributed by atoms with Crippen molar-refractivity contribution in [3.63, 3.8) is 0 Å². The van der Waals surface area contributed by atoms with E-state index in [0.29, 0.717) is 26.2 Å². The molecule has 2 aromatic carbocycles. The number of phenols is 2. The Labute approximate surface area is 193 Å². The van der Waals surface area contributed by atoms with Crippen LogP contribution in [0.3, 0.4) is 0 Å². The van der Waals surface area contributed by atoms with Gasteiger partial charge < -0.3 is 19.7 Å². The molecule has 1 aromatic heterocycles. The average molecular weight is 467 g/mol. The number of esters is 1. The summed E-state index contributed by atoms with van der Waals surface area (Å²) in [7, 11) is 1.44. The van der Waals surface area contributed by atoms with Crippen molar-refractivity contribution in [2.24, 2.45) is 4.99 Å².